The molecule has 3 atom stereocenters. The Bertz CT molecular complexity index is 2370. The monoisotopic (exact) mass is 913 g/mol. The van der Waals surface area contributed by atoms with Crippen molar-refractivity contribution in [1.82, 2.24) is 31.5 Å². The number of rotatable bonds is 13. The van der Waals surface area contributed by atoms with Gasteiger partial charge in [-0.2, -0.15) is 0 Å². The predicted octanol–water partition coefficient (Wildman–Crippen LogP) is 3.31. The molecule has 0 spiro atoms. The average molecular weight is 914 g/mol. The molecule has 15 nitrogen and oxygen atoms in total. The number of aryl methyl sites for hydroxylation is 1. The Kier molecular flexibility index (Phi) is 18.2. The average Bonchev–Trinajstić information content (AvgIpc) is 3.34. The van der Waals surface area contributed by atoms with Crippen LogP contribution in [0.2, 0.25) is 0 Å². The predicted molar refractivity (Wildman–Crippen MR) is 255 cm³/mol. The highest BCUT2D eigenvalue weighted by Gasteiger charge is 2.44. The smallest absolute Gasteiger partial charge is 0.246 e. The van der Waals surface area contributed by atoms with Crippen molar-refractivity contribution < 1.29 is 38.2 Å². The molecule has 67 heavy (non-hydrogen) atoms. The van der Waals surface area contributed by atoms with E-state index in [1.54, 1.807) is 24.1 Å². The van der Waals surface area contributed by atoms with Crippen molar-refractivity contribution in [2.24, 2.45) is 11.1 Å². The summed E-state index contributed by atoms with van der Waals surface area (Å²) in [6.07, 6.45) is 4.51. The number of benzene rings is 4. The van der Waals surface area contributed by atoms with Crippen LogP contribution in [0, 0.1) is 5.41 Å². The highest BCUT2D eigenvalue weighted by Crippen LogP contribution is 2.35. The molecule has 0 saturated carbocycles. The van der Waals surface area contributed by atoms with Crippen LogP contribution < -0.4 is 37.1 Å². The topological polar surface area (TPSA) is 210 Å². The number of carbonyl (C=O) groups excluding carboxylic acids is 6. The van der Waals surface area contributed by atoms with Crippen molar-refractivity contribution >= 4 is 35.4 Å². The molecule has 6 rings (SSSR count). The van der Waals surface area contributed by atoms with E-state index < -0.39 is 47.0 Å². The van der Waals surface area contributed by atoms with Gasteiger partial charge in [0.15, 0.2) is 0 Å². The van der Waals surface area contributed by atoms with Crippen LogP contribution in [-0.4, -0.2) is 105 Å². The van der Waals surface area contributed by atoms with Gasteiger partial charge in [-0.05, 0) is 83.2 Å². The second kappa shape index (κ2) is 24.6. The second-order valence-corrected chi connectivity index (χ2v) is 17.0. The summed E-state index contributed by atoms with van der Waals surface area (Å²) in [6.45, 7) is 3.66. The molecule has 1 fully saturated rings. The van der Waals surface area contributed by atoms with Crippen LogP contribution in [-0.2, 0) is 65.7 Å². The molecule has 0 radical (unpaired) electrons. The molecule has 1 saturated heterocycles. The van der Waals surface area contributed by atoms with E-state index in [2.05, 4.69) is 33.5 Å². The normalized spacial score (nSPS) is 20.4. The molecule has 2 heterocycles. The standard InChI is InChI=1S/C52H63N7O8/c1-3-38-31-42(66-2)18-19-43(38)39-16-14-36(15-17-39)30-45-50(64)56-34-41-13-8-7-12-40(41)32-47(61)57-44(49(63)55-26-29-67-28-24-53)22-25-54-46(60)20-21-48(62)59-27-9-23-52(35-59,51(65)58-45)33-37-10-5-4-6-11-37/h4-8,10-21,31,44-45H,3,9,22-30,32-35,53H2,1-2H3,(H,54,60)(H,55,63)(H,56,64)(H,57,61)(H,58,65)/b21-20+/t44-,45-,52-/m0/s1. The first-order valence-corrected chi connectivity index (χ1v) is 23.1. The van der Waals surface area contributed by atoms with E-state index in [0.29, 0.717) is 50.1 Å². The van der Waals surface area contributed by atoms with E-state index in [1.165, 1.54) is 6.08 Å². The lowest BCUT2D eigenvalue weighted by Gasteiger charge is -2.42. The van der Waals surface area contributed by atoms with E-state index in [0.717, 1.165) is 46.1 Å². The highest BCUT2D eigenvalue weighted by molar-refractivity contribution is 5.97. The fraction of sp³-hybridized carbons (Fsp3) is 0.385. The molecule has 4 aromatic carbocycles. The van der Waals surface area contributed by atoms with Crippen LogP contribution in [0.15, 0.2) is 109 Å². The van der Waals surface area contributed by atoms with Crippen LogP contribution in [0.25, 0.3) is 11.1 Å². The van der Waals surface area contributed by atoms with Gasteiger partial charge in [-0.3, -0.25) is 28.8 Å². The van der Waals surface area contributed by atoms with Crippen LogP contribution in [0.3, 0.4) is 0 Å². The maximum Gasteiger partial charge on any atom is 0.246 e. The largest absolute Gasteiger partial charge is 0.497 e. The van der Waals surface area contributed by atoms with E-state index in [4.69, 9.17) is 15.2 Å². The maximum atomic E-state index is 15.0. The first kappa shape index (κ1) is 49.6. The zero-order valence-electron chi connectivity index (χ0n) is 38.4. The lowest BCUT2D eigenvalue weighted by Crippen LogP contribution is -2.58. The molecule has 0 aromatic heterocycles. The highest BCUT2D eigenvalue weighted by atomic mass is 16.5. The molecule has 2 aliphatic rings. The fourth-order valence-electron chi connectivity index (χ4n) is 8.67. The van der Waals surface area contributed by atoms with Crippen molar-refractivity contribution in [2.45, 2.75) is 70.5 Å². The van der Waals surface area contributed by atoms with Crippen molar-refractivity contribution in [3.8, 4) is 16.9 Å². The first-order valence-electron chi connectivity index (χ1n) is 23.1. The number of ether oxygens (including phenoxy) is 2. The summed E-state index contributed by atoms with van der Waals surface area (Å²) in [5.41, 5.74) is 10.6. The van der Waals surface area contributed by atoms with Gasteiger partial charge in [0.25, 0.3) is 0 Å². The summed E-state index contributed by atoms with van der Waals surface area (Å²) < 4.78 is 10.8. The SMILES string of the molecule is CCc1cc(OC)ccc1-c1ccc(C[C@@H]2NC(=O)[C@]3(Cc4ccccc4)CCCN(C3)C(=O)/C=C/C(=O)NCC[C@@H](C(=O)NCCOCCN)NC(=O)Cc3ccccc3CNC2=O)cc1. The minimum atomic E-state index is -1.11. The second-order valence-electron chi connectivity index (χ2n) is 17.0. The van der Waals surface area contributed by atoms with Crippen LogP contribution in [0.5, 0.6) is 5.75 Å². The molecule has 0 unspecified atom stereocenters. The summed E-state index contributed by atoms with van der Waals surface area (Å²) in [4.78, 5) is 84.8. The van der Waals surface area contributed by atoms with Crippen LogP contribution in [0.4, 0.5) is 0 Å². The summed E-state index contributed by atoms with van der Waals surface area (Å²) in [7, 11) is 1.64. The van der Waals surface area contributed by atoms with Gasteiger partial charge >= 0.3 is 0 Å². The number of carbonyl (C=O) groups is 6. The number of nitrogens with two attached hydrogens (primary N) is 1. The number of hydrogen-bond acceptors (Lipinski definition) is 9. The van der Waals surface area contributed by atoms with E-state index in [-0.39, 0.29) is 58.0 Å². The number of nitrogens with zero attached hydrogens (tertiary/aromatic N) is 1. The number of amides is 6. The van der Waals surface area contributed by atoms with E-state index >= 15 is 0 Å². The zero-order chi connectivity index (χ0) is 47.6. The van der Waals surface area contributed by atoms with Crippen molar-refractivity contribution in [3.05, 3.63) is 137 Å². The number of nitrogens with one attached hydrogen (secondary N) is 5. The zero-order valence-corrected chi connectivity index (χ0v) is 38.4. The Labute approximate surface area is 392 Å². The Morgan fingerprint density at radius 1 is 0.866 bits per heavy atom. The van der Waals surface area contributed by atoms with E-state index in [1.807, 2.05) is 84.9 Å². The van der Waals surface area contributed by atoms with Crippen LogP contribution >= 0.6 is 0 Å². The molecule has 0 aliphatic carbocycles. The molecule has 4 aromatic rings. The maximum absolute atomic E-state index is 15.0. The third-order valence-electron chi connectivity index (χ3n) is 12.3. The number of fused-ring (bicyclic) bond motifs is 3. The molecule has 15 heteroatoms. The van der Waals surface area contributed by atoms with Gasteiger partial charge in [-0.1, -0.05) is 91.9 Å². The molecule has 6 amide bonds. The molecule has 2 aliphatic heterocycles. The fourth-order valence-corrected chi connectivity index (χ4v) is 8.67. The molecular formula is C52H63N7O8. The minimum absolute atomic E-state index is 0.0138. The first-order chi connectivity index (χ1) is 32.5. The summed E-state index contributed by atoms with van der Waals surface area (Å²) in [6, 6.07) is 28.7. The number of piperidine rings is 1. The minimum Gasteiger partial charge on any atom is -0.497 e. The van der Waals surface area contributed by atoms with Crippen molar-refractivity contribution in [2.75, 3.05) is 53.0 Å². The molecular weight excluding hydrogens is 851 g/mol. The number of methoxy groups -OCH3 is 1. The summed E-state index contributed by atoms with van der Waals surface area (Å²) in [5, 5.41) is 14.5. The third kappa shape index (κ3) is 14.1. The Balaban J connectivity index is 1.31. The van der Waals surface area contributed by atoms with Crippen molar-refractivity contribution in [3.63, 3.8) is 0 Å². The molecule has 7 N–H and O–H groups in total. The van der Waals surface area contributed by atoms with E-state index in [9.17, 15) is 28.8 Å². The van der Waals surface area contributed by atoms with Gasteiger partial charge in [0.2, 0.25) is 35.4 Å². The number of hydrogen-bond donors (Lipinski definition) is 6. The van der Waals surface area contributed by atoms with Gasteiger partial charge in [-0.25, -0.2) is 0 Å². The lowest BCUT2D eigenvalue weighted by molar-refractivity contribution is -0.141. The van der Waals surface area contributed by atoms with Gasteiger partial charge < -0.3 is 46.7 Å². The van der Waals surface area contributed by atoms with Crippen molar-refractivity contribution in [1.29, 1.82) is 0 Å². The summed E-state index contributed by atoms with van der Waals surface area (Å²) in [5.74, 6) is -1.93. The molecule has 2 bridgehead atoms. The van der Waals surface area contributed by atoms with Crippen LogP contribution in [0.1, 0.15) is 54.0 Å². The Hall–Kier alpha value is -6.84. The van der Waals surface area contributed by atoms with Gasteiger partial charge in [-0.15, -0.1) is 0 Å². The van der Waals surface area contributed by atoms with Gasteiger partial charge in [0.05, 0.1) is 32.2 Å². The quantitative estimate of drug-likeness (QED) is 0.109. The van der Waals surface area contributed by atoms with Gasteiger partial charge in [0, 0.05) is 57.8 Å². The lowest BCUT2D eigenvalue weighted by atomic mass is 9.74. The molecule has 354 valence electrons. The Morgan fingerprint density at radius 2 is 1.63 bits per heavy atom. The summed E-state index contributed by atoms with van der Waals surface area (Å²) >= 11 is 0. The van der Waals surface area contributed by atoms with Gasteiger partial charge in [0.1, 0.15) is 17.8 Å². The Morgan fingerprint density at radius 3 is 2.37 bits per heavy atom. The third-order valence-corrected chi connectivity index (χ3v) is 12.3.